The van der Waals surface area contributed by atoms with Crippen LogP contribution in [0, 0.1) is 5.92 Å². The summed E-state index contributed by atoms with van der Waals surface area (Å²) in [5, 5.41) is 3.26. The molecule has 1 aromatic carbocycles. The number of anilines is 1. The maximum absolute atomic E-state index is 11.9. The van der Waals surface area contributed by atoms with Crippen molar-refractivity contribution in [3.05, 3.63) is 24.3 Å². The van der Waals surface area contributed by atoms with Crippen LogP contribution in [0.3, 0.4) is 0 Å². The SMILES string of the molecule is CC1CC(Nc2ccc(OC(F)(F)F)cc2)C1. The van der Waals surface area contributed by atoms with Gasteiger partial charge in [0, 0.05) is 11.7 Å². The van der Waals surface area contributed by atoms with Gasteiger partial charge >= 0.3 is 6.36 Å². The van der Waals surface area contributed by atoms with Crippen molar-refractivity contribution in [2.45, 2.75) is 32.2 Å². The first-order valence-corrected chi connectivity index (χ1v) is 5.55. The number of hydrogen-bond donors (Lipinski definition) is 1. The Morgan fingerprint density at radius 1 is 1.18 bits per heavy atom. The van der Waals surface area contributed by atoms with Crippen LogP contribution in [0.4, 0.5) is 18.9 Å². The molecule has 0 atom stereocenters. The van der Waals surface area contributed by atoms with E-state index in [1.165, 1.54) is 12.1 Å². The highest BCUT2D eigenvalue weighted by Gasteiger charge is 2.31. The fourth-order valence-corrected chi connectivity index (χ4v) is 2.01. The summed E-state index contributed by atoms with van der Waals surface area (Å²) in [4.78, 5) is 0. The molecule has 0 heterocycles. The summed E-state index contributed by atoms with van der Waals surface area (Å²) in [7, 11) is 0. The number of nitrogens with one attached hydrogen (secondary N) is 1. The van der Waals surface area contributed by atoms with Crippen molar-refractivity contribution in [3.63, 3.8) is 0 Å². The zero-order chi connectivity index (χ0) is 12.5. The quantitative estimate of drug-likeness (QED) is 0.874. The predicted octanol–water partition coefficient (Wildman–Crippen LogP) is 3.80. The van der Waals surface area contributed by atoms with Crippen LogP contribution in [0.25, 0.3) is 0 Å². The predicted molar refractivity (Wildman–Crippen MR) is 58.9 cm³/mol. The van der Waals surface area contributed by atoms with Gasteiger partial charge in [0.15, 0.2) is 0 Å². The number of hydrogen-bond acceptors (Lipinski definition) is 2. The fourth-order valence-electron chi connectivity index (χ4n) is 2.01. The molecule has 1 aliphatic carbocycles. The second-order valence-electron chi connectivity index (χ2n) is 4.49. The summed E-state index contributed by atoms with van der Waals surface area (Å²) in [6.45, 7) is 2.18. The van der Waals surface area contributed by atoms with Crippen molar-refractivity contribution in [3.8, 4) is 5.75 Å². The summed E-state index contributed by atoms with van der Waals surface area (Å²) >= 11 is 0. The van der Waals surface area contributed by atoms with E-state index in [0.717, 1.165) is 24.4 Å². The zero-order valence-corrected chi connectivity index (χ0v) is 9.42. The van der Waals surface area contributed by atoms with Gasteiger partial charge in [-0.1, -0.05) is 6.92 Å². The Morgan fingerprint density at radius 3 is 2.24 bits per heavy atom. The molecule has 0 spiro atoms. The van der Waals surface area contributed by atoms with Crippen molar-refractivity contribution < 1.29 is 17.9 Å². The maximum atomic E-state index is 11.9. The molecule has 0 saturated heterocycles. The third-order valence-corrected chi connectivity index (χ3v) is 2.83. The van der Waals surface area contributed by atoms with E-state index in [9.17, 15) is 13.2 Å². The first-order valence-electron chi connectivity index (χ1n) is 5.55. The van der Waals surface area contributed by atoms with Crippen LogP contribution in [0.5, 0.6) is 5.75 Å². The van der Waals surface area contributed by atoms with E-state index in [1.54, 1.807) is 12.1 Å². The minimum atomic E-state index is -4.63. The molecule has 1 fully saturated rings. The highest BCUT2D eigenvalue weighted by atomic mass is 19.4. The highest BCUT2D eigenvalue weighted by Crippen LogP contribution is 2.30. The molecule has 1 aliphatic rings. The Balaban J connectivity index is 1.89. The molecular formula is C12H14F3NO. The smallest absolute Gasteiger partial charge is 0.406 e. The molecule has 0 aromatic heterocycles. The Kier molecular flexibility index (Phi) is 3.17. The number of halogens is 3. The van der Waals surface area contributed by atoms with Gasteiger partial charge in [0.1, 0.15) is 5.75 Å². The van der Waals surface area contributed by atoms with Crippen molar-refractivity contribution in [1.29, 1.82) is 0 Å². The molecule has 1 N–H and O–H groups in total. The maximum Gasteiger partial charge on any atom is 0.573 e. The van der Waals surface area contributed by atoms with Crippen LogP contribution in [-0.4, -0.2) is 12.4 Å². The topological polar surface area (TPSA) is 21.3 Å². The summed E-state index contributed by atoms with van der Waals surface area (Å²) in [6, 6.07) is 6.28. The van der Waals surface area contributed by atoms with E-state index in [4.69, 9.17) is 0 Å². The standard InChI is InChI=1S/C12H14F3NO/c1-8-6-10(7-8)16-9-2-4-11(5-3-9)17-12(13,14)15/h2-5,8,10,16H,6-7H2,1H3. The van der Waals surface area contributed by atoms with Crippen LogP contribution in [0.2, 0.25) is 0 Å². The second kappa shape index (κ2) is 4.47. The van der Waals surface area contributed by atoms with Gasteiger partial charge in [-0.2, -0.15) is 0 Å². The Bertz CT molecular complexity index is 368. The van der Waals surface area contributed by atoms with Crippen LogP contribution in [-0.2, 0) is 0 Å². The van der Waals surface area contributed by atoms with E-state index >= 15 is 0 Å². The molecule has 1 aromatic rings. The number of rotatable bonds is 3. The molecule has 0 unspecified atom stereocenters. The van der Waals surface area contributed by atoms with Crippen molar-refractivity contribution in [1.82, 2.24) is 0 Å². The zero-order valence-electron chi connectivity index (χ0n) is 9.42. The van der Waals surface area contributed by atoms with Crippen LogP contribution in [0.1, 0.15) is 19.8 Å². The van der Waals surface area contributed by atoms with Gasteiger partial charge in [-0.3, -0.25) is 0 Å². The molecule has 0 amide bonds. The molecule has 5 heteroatoms. The normalized spacial score (nSPS) is 24.0. The van der Waals surface area contributed by atoms with E-state index in [2.05, 4.69) is 17.0 Å². The Hall–Kier alpha value is -1.39. The minimum absolute atomic E-state index is 0.190. The third-order valence-electron chi connectivity index (χ3n) is 2.83. The molecule has 1 saturated carbocycles. The number of ether oxygens (including phenoxy) is 1. The molecule has 2 rings (SSSR count). The summed E-state index contributed by atoms with van der Waals surface area (Å²) in [5.41, 5.74) is 0.830. The number of alkyl halides is 3. The van der Waals surface area contributed by atoms with Crippen LogP contribution in [0.15, 0.2) is 24.3 Å². The van der Waals surface area contributed by atoms with E-state index in [1.807, 2.05) is 0 Å². The lowest BCUT2D eigenvalue weighted by Crippen LogP contribution is -2.33. The third kappa shape index (κ3) is 3.54. The first kappa shape index (κ1) is 12.1. The lowest BCUT2D eigenvalue weighted by molar-refractivity contribution is -0.274. The van der Waals surface area contributed by atoms with E-state index < -0.39 is 6.36 Å². The number of benzene rings is 1. The van der Waals surface area contributed by atoms with Crippen LogP contribution < -0.4 is 10.1 Å². The molecule has 17 heavy (non-hydrogen) atoms. The molecule has 94 valence electrons. The van der Waals surface area contributed by atoms with Crippen molar-refractivity contribution >= 4 is 5.69 Å². The Labute approximate surface area is 97.8 Å². The van der Waals surface area contributed by atoms with Gasteiger partial charge in [0.05, 0.1) is 0 Å². The van der Waals surface area contributed by atoms with Gasteiger partial charge in [-0.25, -0.2) is 0 Å². The van der Waals surface area contributed by atoms with Crippen LogP contribution >= 0.6 is 0 Å². The van der Waals surface area contributed by atoms with Gasteiger partial charge in [0.2, 0.25) is 0 Å². The minimum Gasteiger partial charge on any atom is -0.406 e. The largest absolute Gasteiger partial charge is 0.573 e. The summed E-state index contributed by atoms with van der Waals surface area (Å²) < 4.78 is 39.6. The molecular weight excluding hydrogens is 231 g/mol. The highest BCUT2D eigenvalue weighted by molar-refractivity contribution is 5.47. The second-order valence-corrected chi connectivity index (χ2v) is 4.49. The Morgan fingerprint density at radius 2 is 1.76 bits per heavy atom. The van der Waals surface area contributed by atoms with Gasteiger partial charge in [-0.05, 0) is 43.0 Å². The lowest BCUT2D eigenvalue weighted by atomic mass is 9.82. The molecule has 0 bridgehead atoms. The fraction of sp³-hybridized carbons (Fsp3) is 0.500. The first-order chi connectivity index (χ1) is 7.92. The van der Waals surface area contributed by atoms with Gasteiger partial charge in [-0.15, -0.1) is 13.2 Å². The summed E-state index contributed by atoms with van der Waals surface area (Å²) in [5.74, 6) is 0.547. The average molecular weight is 245 g/mol. The monoisotopic (exact) mass is 245 g/mol. The molecule has 0 aliphatic heterocycles. The summed E-state index contributed by atoms with van der Waals surface area (Å²) in [6.07, 6.45) is -2.40. The lowest BCUT2D eigenvalue weighted by Gasteiger charge is -2.34. The van der Waals surface area contributed by atoms with Gasteiger partial charge in [0.25, 0.3) is 0 Å². The molecule has 2 nitrogen and oxygen atoms in total. The molecule has 0 radical (unpaired) electrons. The van der Waals surface area contributed by atoms with Crippen molar-refractivity contribution in [2.24, 2.45) is 5.92 Å². The van der Waals surface area contributed by atoms with Crippen molar-refractivity contribution in [2.75, 3.05) is 5.32 Å². The van der Waals surface area contributed by atoms with E-state index in [-0.39, 0.29) is 5.75 Å². The van der Waals surface area contributed by atoms with Gasteiger partial charge < -0.3 is 10.1 Å². The van der Waals surface area contributed by atoms with E-state index in [0.29, 0.717) is 6.04 Å². The average Bonchev–Trinajstić information content (AvgIpc) is 2.16.